The Bertz CT molecular complexity index is 1140. The van der Waals surface area contributed by atoms with Crippen molar-refractivity contribution in [2.24, 2.45) is 0 Å². The van der Waals surface area contributed by atoms with E-state index in [2.05, 4.69) is 39.1 Å². The molecule has 32 heavy (non-hydrogen) atoms. The number of halogens is 1. The van der Waals surface area contributed by atoms with Crippen LogP contribution < -0.4 is 9.47 Å². The van der Waals surface area contributed by atoms with Gasteiger partial charge in [-0.3, -0.25) is 14.7 Å². The number of ether oxygens (including phenoxy) is 2. The first-order valence-electron chi connectivity index (χ1n) is 10.0. The molecular weight excluding hydrogens is 496 g/mol. The molecule has 1 heterocycles. The van der Waals surface area contributed by atoms with Gasteiger partial charge in [0.25, 0.3) is 0 Å². The lowest BCUT2D eigenvalue weighted by Crippen LogP contribution is -2.12. The number of nitro groups is 1. The van der Waals surface area contributed by atoms with Crippen LogP contribution in [0.2, 0.25) is 0 Å². The predicted molar refractivity (Wildman–Crippen MR) is 128 cm³/mol. The average molecular weight is 521 g/mol. The van der Waals surface area contributed by atoms with Crippen LogP contribution in [0.15, 0.2) is 40.0 Å². The van der Waals surface area contributed by atoms with Crippen molar-refractivity contribution in [3.63, 3.8) is 0 Å². The van der Waals surface area contributed by atoms with Crippen molar-refractivity contribution >= 4 is 27.7 Å². The zero-order chi connectivity index (χ0) is 23.4. The number of nitrogens with zero attached hydrogens (tertiary/aromatic N) is 4. The van der Waals surface area contributed by atoms with E-state index in [-0.39, 0.29) is 11.5 Å². The fourth-order valence-electron chi connectivity index (χ4n) is 3.27. The number of rotatable bonds is 9. The summed E-state index contributed by atoms with van der Waals surface area (Å²) in [6, 6.07) is 9.67. The molecule has 0 aliphatic rings. The van der Waals surface area contributed by atoms with Gasteiger partial charge in [-0.25, -0.2) is 0 Å². The van der Waals surface area contributed by atoms with Crippen LogP contribution in [0.1, 0.15) is 34.7 Å². The predicted octanol–water partition coefficient (Wildman–Crippen LogP) is 5.47. The summed E-state index contributed by atoms with van der Waals surface area (Å²) in [7, 11) is 1.55. The Kier molecular flexibility index (Phi) is 7.78. The number of aryl methyl sites for hydroxylation is 3. The Balaban J connectivity index is 2.05. The minimum atomic E-state index is -0.530. The van der Waals surface area contributed by atoms with Crippen molar-refractivity contribution in [2.75, 3.05) is 20.3 Å². The summed E-state index contributed by atoms with van der Waals surface area (Å²) < 4.78 is 13.7. The minimum Gasteiger partial charge on any atom is -0.493 e. The molecule has 0 aliphatic carbocycles. The van der Waals surface area contributed by atoms with Gasteiger partial charge in [0, 0.05) is 15.1 Å². The first kappa shape index (κ1) is 24.1. The highest BCUT2D eigenvalue weighted by Crippen LogP contribution is 2.43. The molecule has 3 rings (SSSR count). The van der Waals surface area contributed by atoms with Gasteiger partial charge in [0.1, 0.15) is 11.1 Å². The molecule has 3 aromatic rings. The zero-order valence-corrected chi connectivity index (χ0v) is 21.0. The molecule has 0 N–H and O–H groups in total. The summed E-state index contributed by atoms with van der Waals surface area (Å²) in [6.07, 6.45) is 0. The Morgan fingerprint density at radius 2 is 1.91 bits per heavy atom. The summed E-state index contributed by atoms with van der Waals surface area (Å²) in [5.41, 5.74) is 3.97. The maximum absolute atomic E-state index is 11.5. The molecule has 1 atom stereocenters. The second kappa shape index (κ2) is 10.4. The van der Waals surface area contributed by atoms with E-state index in [0.717, 1.165) is 16.8 Å². The van der Waals surface area contributed by atoms with Crippen LogP contribution in [-0.4, -0.2) is 39.9 Å². The molecule has 1 aromatic heterocycles. The zero-order valence-electron chi connectivity index (χ0n) is 18.6. The third-order valence-corrected chi connectivity index (χ3v) is 6.89. The maximum atomic E-state index is 11.5. The molecule has 0 unspecified atom stereocenters. The second-order valence-electron chi connectivity index (χ2n) is 7.21. The lowest BCUT2D eigenvalue weighted by molar-refractivity contribution is -0.479. The minimum absolute atomic E-state index is 0.292. The molecule has 0 saturated heterocycles. The van der Waals surface area contributed by atoms with Crippen LogP contribution in [0, 0.1) is 30.9 Å². The van der Waals surface area contributed by atoms with Crippen LogP contribution in [0.5, 0.6) is 11.5 Å². The van der Waals surface area contributed by atoms with Crippen LogP contribution >= 0.6 is 27.7 Å². The summed E-state index contributed by atoms with van der Waals surface area (Å²) in [5, 5.41) is 20.1. The number of aromatic nitrogens is 3. The van der Waals surface area contributed by atoms with Gasteiger partial charge >= 0.3 is 0 Å². The lowest BCUT2D eigenvalue weighted by Gasteiger charge is -2.18. The Morgan fingerprint density at radius 3 is 2.53 bits per heavy atom. The van der Waals surface area contributed by atoms with Crippen molar-refractivity contribution < 1.29 is 14.4 Å². The van der Waals surface area contributed by atoms with Gasteiger partial charge in [-0.2, -0.15) is 0 Å². The van der Waals surface area contributed by atoms with E-state index < -0.39 is 5.25 Å². The van der Waals surface area contributed by atoms with Crippen LogP contribution in [-0.2, 0) is 0 Å². The number of benzene rings is 2. The van der Waals surface area contributed by atoms with E-state index in [1.807, 2.05) is 37.5 Å². The Labute approximate surface area is 199 Å². The normalized spacial score (nSPS) is 11.9. The molecule has 170 valence electrons. The molecule has 0 bridgehead atoms. The van der Waals surface area contributed by atoms with Gasteiger partial charge in [-0.05, 0) is 68.7 Å². The maximum Gasteiger partial charge on any atom is 0.220 e. The van der Waals surface area contributed by atoms with E-state index in [4.69, 9.17) is 9.47 Å². The van der Waals surface area contributed by atoms with Crippen LogP contribution in [0.25, 0.3) is 5.69 Å². The number of hydrogen-bond donors (Lipinski definition) is 0. The third-order valence-electron chi connectivity index (χ3n) is 5.04. The van der Waals surface area contributed by atoms with E-state index in [9.17, 15) is 10.1 Å². The average Bonchev–Trinajstić information content (AvgIpc) is 3.10. The Morgan fingerprint density at radius 1 is 1.16 bits per heavy atom. The van der Waals surface area contributed by atoms with Gasteiger partial charge in [0.2, 0.25) is 6.54 Å². The molecule has 2 aromatic carbocycles. The first-order valence-corrected chi connectivity index (χ1v) is 11.7. The fraction of sp³-hybridized carbons (Fsp3) is 0.364. The van der Waals surface area contributed by atoms with Gasteiger partial charge in [-0.15, -0.1) is 10.2 Å². The summed E-state index contributed by atoms with van der Waals surface area (Å²) in [4.78, 5) is 11.2. The highest BCUT2D eigenvalue weighted by atomic mass is 79.9. The molecule has 8 nitrogen and oxygen atoms in total. The quantitative estimate of drug-likeness (QED) is 0.209. The highest BCUT2D eigenvalue weighted by molar-refractivity contribution is 9.10. The number of hydrogen-bond acceptors (Lipinski definition) is 7. The van der Waals surface area contributed by atoms with E-state index in [1.54, 1.807) is 19.2 Å². The van der Waals surface area contributed by atoms with E-state index in [0.29, 0.717) is 33.6 Å². The van der Waals surface area contributed by atoms with Gasteiger partial charge in [-0.1, -0.05) is 33.8 Å². The number of thioether (sulfide) groups is 1. The summed E-state index contributed by atoms with van der Waals surface area (Å²) in [6.45, 7) is 8.04. The smallest absolute Gasteiger partial charge is 0.220 e. The fourth-order valence-corrected chi connectivity index (χ4v) is 5.22. The third kappa shape index (κ3) is 5.24. The van der Waals surface area contributed by atoms with Gasteiger partial charge in [0.05, 0.1) is 13.7 Å². The standard InChI is InChI=1S/C22H25BrN4O4S/c1-6-31-20-11-18(23)17(10-19(20)30-5)21(12-26(28)29)32-22-25-24-15(4)27(22)16-8-7-13(2)14(3)9-16/h7-11,21H,6,12H2,1-5H3/t21-/m0/s1. The van der Waals surface area contributed by atoms with Crippen molar-refractivity contribution in [1.82, 2.24) is 14.8 Å². The van der Waals surface area contributed by atoms with Crippen molar-refractivity contribution in [1.29, 1.82) is 0 Å². The Hall–Kier alpha value is -2.59. The van der Waals surface area contributed by atoms with Crippen molar-refractivity contribution in [2.45, 2.75) is 38.1 Å². The highest BCUT2D eigenvalue weighted by Gasteiger charge is 2.27. The van der Waals surface area contributed by atoms with E-state index in [1.165, 1.54) is 17.3 Å². The topological polar surface area (TPSA) is 92.3 Å². The lowest BCUT2D eigenvalue weighted by atomic mass is 10.1. The molecule has 10 heteroatoms. The SMILES string of the molecule is CCOc1cc(Br)c([C@H](C[N+](=O)[O-])Sc2nnc(C)n2-c2ccc(C)c(C)c2)cc1OC. The van der Waals surface area contributed by atoms with Gasteiger partial charge in [0.15, 0.2) is 16.7 Å². The molecule has 0 radical (unpaired) electrons. The van der Waals surface area contributed by atoms with Gasteiger partial charge < -0.3 is 9.47 Å². The second-order valence-corrected chi connectivity index (χ2v) is 9.24. The molecule has 0 spiro atoms. The van der Waals surface area contributed by atoms with Crippen LogP contribution in [0.4, 0.5) is 0 Å². The first-order chi connectivity index (χ1) is 15.2. The van der Waals surface area contributed by atoms with Crippen molar-refractivity contribution in [3.8, 4) is 17.2 Å². The van der Waals surface area contributed by atoms with E-state index >= 15 is 0 Å². The largest absolute Gasteiger partial charge is 0.493 e. The molecule has 0 amide bonds. The van der Waals surface area contributed by atoms with Crippen LogP contribution in [0.3, 0.4) is 0 Å². The molecule has 0 fully saturated rings. The summed E-state index contributed by atoms with van der Waals surface area (Å²) >= 11 is 4.85. The monoisotopic (exact) mass is 520 g/mol. The molecule has 0 saturated carbocycles. The number of methoxy groups -OCH3 is 1. The van der Waals surface area contributed by atoms with Crippen molar-refractivity contribution in [3.05, 3.63) is 67.4 Å². The molecule has 0 aliphatic heterocycles. The summed E-state index contributed by atoms with van der Waals surface area (Å²) in [5.74, 6) is 1.80. The molecular formula is C22H25BrN4O4S.